The SMILES string of the molecule is Cc1cccc([C@@H]2[C@@H](C(=O)c3cccc(F)c3)CN(CCCN3CCOCC3)C[C@H]2C(=O)c2cccc(F)c2)c1C. The van der Waals surface area contributed by atoms with E-state index in [4.69, 9.17) is 4.74 Å². The van der Waals surface area contributed by atoms with Gasteiger partial charge in [-0.1, -0.05) is 42.5 Å². The highest BCUT2D eigenvalue weighted by Gasteiger charge is 2.45. The summed E-state index contributed by atoms with van der Waals surface area (Å²) in [5, 5.41) is 0. The highest BCUT2D eigenvalue weighted by molar-refractivity contribution is 6.02. The van der Waals surface area contributed by atoms with Crippen LogP contribution >= 0.6 is 0 Å². The van der Waals surface area contributed by atoms with E-state index >= 15 is 0 Å². The number of ketones is 2. The molecule has 0 aliphatic carbocycles. The molecule has 2 aliphatic rings. The number of benzene rings is 3. The van der Waals surface area contributed by atoms with Crippen LogP contribution in [0.25, 0.3) is 0 Å². The second kappa shape index (κ2) is 13.1. The summed E-state index contributed by atoms with van der Waals surface area (Å²) in [7, 11) is 0. The van der Waals surface area contributed by atoms with Gasteiger partial charge < -0.3 is 9.64 Å². The fraction of sp³-hybridized carbons (Fsp3) is 0.412. The first-order chi connectivity index (χ1) is 19.8. The maximum absolute atomic E-state index is 14.3. The molecule has 5 nitrogen and oxygen atoms in total. The van der Waals surface area contributed by atoms with Crippen LogP contribution in [0.4, 0.5) is 8.78 Å². The zero-order valence-electron chi connectivity index (χ0n) is 23.8. The van der Waals surface area contributed by atoms with Gasteiger partial charge in [0.05, 0.1) is 13.2 Å². The molecule has 216 valence electrons. The molecule has 0 radical (unpaired) electrons. The Bertz CT molecular complexity index is 1320. The molecule has 2 saturated heterocycles. The van der Waals surface area contributed by atoms with E-state index in [0.29, 0.717) is 24.2 Å². The molecule has 2 heterocycles. The first kappa shape index (κ1) is 29.2. The fourth-order valence-corrected chi connectivity index (χ4v) is 6.44. The highest BCUT2D eigenvalue weighted by atomic mass is 19.1. The summed E-state index contributed by atoms with van der Waals surface area (Å²) in [4.78, 5) is 32.9. The predicted molar refractivity (Wildman–Crippen MR) is 155 cm³/mol. The van der Waals surface area contributed by atoms with Crippen molar-refractivity contribution in [2.24, 2.45) is 11.8 Å². The minimum atomic E-state index is -0.572. The Balaban J connectivity index is 1.53. The number of carbonyl (C=O) groups is 2. The molecule has 7 heteroatoms. The molecule has 0 amide bonds. The lowest BCUT2D eigenvalue weighted by atomic mass is 9.67. The van der Waals surface area contributed by atoms with Crippen molar-refractivity contribution in [1.29, 1.82) is 0 Å². The van der Waals surface area contributed by atoms with E-state index in [-0.39, 0.29) is 11.6 Å². The van der Waals surface area contributed by atoms with Crippen LogP contribution in [0.15, 0.2) is 66.7 Å². The Morgan fingerprint density at radius 3 is 1.88 bits per heavy atom. The molecular weight excluding hydrogens is 522 g/mol. The fourth-order valence-electron chi connectivity index (χ4n) is 6.44. The Labute approximate surface area is 241 Å². The largest absolute Gasteiger partial charge is 0.379 e. The Morgan fingerprint density at radius 2 is 1.32 bits per heavy atom. The number of nitrogens with zero attached hydrogens (tertiary/aromatic N) is 2. The first-order valence-electron chi connectivity index (χ1n) is 14.5. The Kier molecular flexibility index (Phi) is 9.38. The Morgan fingerprint density at radius 1 is 0.780 bits per heavy atom. The van der Waals surface area contributed by atoms with Crippen LogP contribution in [0.3, 0.4) is 0 Å². The summed E-state index contributed by atoms with van der Waals surface area (Å²) in [6.45, 7) is 9.85. The van der Waals surface area contributed by atoms with Crippen LogP contribution in [0.1, 0.15) is 49.7 Å². The highest BCUT2D eigenvalue weighted by Crippen LogP contribution is 2.42. The first-order valence-corrected chi connectivity index (χ1v) is 14.5. The summed E-state index contributed by atoms with van der Waals surface area (Å²) in [6, 6.07) is 17.6. The maximum Gasteiger partial charge on any atom is 0.167 e. The summed E-state index contributed by atoms with van der Waals surface area (Å²) in [5.41, 5.74) is 3.66. The minimum Gasteiger partial charge on any atom is -0.379 e. The van der Waals surface area contributed by atoms with Crippen molar-refractivity contribution in [3.8, 4) is 0 Å². The van der Waals surface area contributed by atoms with Crippen LogP contribution in [0.5, 0.6) is 0 Å². The lowest BCUT2D eigenvalue weighted by Crippen LogP contribution is -2.51. The van der Waals surface area contributed by atoms with E-state index in [9.17, 15) is 18.4 Å². The second-order valence-electron chi connectivity index (χ2n) is 11.3. The van der Waals surface area contributed by atoms with Crippen LogP contribution in [-0.4, -0.2) is 73.8 Å². The lowest BCUT2D eigenvalue weighted by Gasteiger charge is -2.44. The number of halogens is 2. The normalized spacial score (nSPS) is 22.0. The zero-order valence-corrected chi connectivity index (χ0v) is 23.8. The molecule has 3 aromatic carbocycles. The van der Waals surface area contributed by atoms with Gasteiger partial charge >= 0.3 is 0 Å². The van der Waals surface area contributed by atoms with Gasteiger partial charge in [-0.3, -0.25) is 14.5 Å². The third-order valence-electron chi connectivity index (χ3n) is 8.73. The van der Waals surface area contributed by atoms with Crippen LogP contribution in [0, 0.1) is 37.3 Å². The smallest absolute Gasteiger partial charge is 0.167 e. The van der Waals surface area contributed by atoms with Crippen molar-refractivity contribution in [1.82, 2.24) is 9.80 Å². The van der Waals surface area contributed by atoms with Gasteiger partial charge in [-0.15, -0.1) is 0 Å². The second-order valence-corrected chi connectivity index (χ2v) is 11.3. The molecular formula is C34H38F2N2O3. The van der Waals surface area contributed by atoms with Gasteiger partial charge in [0.2, 0.25) is 0 Å². The van der Waals surface area contributed by atoms with Crippen molar-refractivity contribution in [3.63, 3.8) is 0 Å². The van der Waals surface area contributed by atoms with Gasteiger partial charge in [0.1, 0.15) is 11.6 Å². The topological polar surface area (TPSA) is 49.9 Å². The molecule has 0 spiro atoms. The maximum atomic E-state index is 14.3. The van der Waals surface area contributed by atoms with Crippen LogP contribution < -0.4 is 0 Å². The van der Waals surface area contributed by atoms with Crippen molar-refractivity contribution in [2.75, 3.05) is 52.5 Å². The van der Waals surface area contributed by atoms with Gasteiger partial charge in [0.15, 0.2) is 11.6 Å². The van der Waals surface area contributed by atoms with Crippen molar-refractivity contribution in [2.45, 2.75) is 26.2 Å². The van der Waals surface area contributed by atoms with Gasteiger partial charge in [0, 0.05) is 55.1 Å². The number of rotatable bonds is 9. The molecule has 0 saturated carbocycles. The van der Waals surface area contributed by atoms with Crippen LogP contribution in [-0.2, 0) is 4.74 Å². The molecule has 0 bridgehead atoms. The third-order valence-corrected chi connectivity index (χ3v) is 8.73. The van der Waals surface area contributed by atoms with E-state index in [1.807, 2.05) is 32.0 Å². The quantitative estimate of drug-likeness (QED) is 0.314. The van der Waals surface area contributed by atoms with Crippen molar-refractivity contribution in [3.05, 3.63) is 106 Å². The molecule has 2 fully saturated rings. The summed E-state index contributed by atoms with van der Waals surface area (Å²) < 4.78 is 34.0. The average molecular weight is 561 g/mol. The summed E-state index contributed by atoms with van der Waals surface area (Å²) >= 11 is 0. The van der Waals surface area contributed by atoms with Crippen molar-refractivity contribution >= 4 is 11.6 Å². The Hall–Kier alpha value is -3.26. The van der Waals surface area contributed by atoms with Gasteiger partial charge in [-0.2, -0.15) is 0 Å². The monoisotopic (exact) mass is 560 g/mol. The van der Waals surface area contributed by atoms with E-state index in [1.165, 1.54) is 24.3 Å². The van der Waals surface area contributed by atoms with Crippen molar-refractivity contribution < 1.29 is 23.1 Å². The van der Waals surface area contributed by atoms with Gasteiger partial charge in [-0.05, 0) is 74.3 Å². The average Bonchev–Trinajstić information content (AvgIpc) is 2.98. The number of piperidine rings is 1. The number of likely N-dealkylation sites (tertiary alicyclic amines) is 1. The molecule has 0 aromatic heterocycles. The van der Waals surface area contributed by atoms with Gasteiger partial charge in [0.25, 0.3) is 0 Å². The molecule has 0 unspecified atom stereocenters. The van der Waals surface area contributed by atoms with E-state index in [2.05, 4.69) is 9.80 Å². The van der Waals surface area contributed by atoms with Gasteiger partial charge in [-0.25, -0.2) is 8.78 Å². The molecule has 3 atom stereocenters. The van der Waals surface area contributed by atoms with E-state index in [1.54, 1.807) is 24.3 Å². The zero-order chi connectivity index (χ0) is 28.9. The predicted octanol–water partition coefficient (Wildman–Crippen LogP) is 5.70. The lowest BCUT2D eigenvalue weighted by molar-refractivity contribution is 0.0331. The molecule has 2 aliphatic heterocycles. The molecule has 41 heavy (non-hydrogen) atoms. The van der Waals surface area contributed by atoms with E-state index < -0.39 is 29.4 Å². The molecule has 0 N–H and O–H groups in total. The number of hydrogen-bond acceptors (Lipinski definition) is 5. The minimum absolute atomic E-state index is 0.176. The number of morpholine rings is 1. The number of ether oxygens (including phenoxy) is 1. The summed E-state index contributed by atoms with van der Waals surface area (Å²) in [6.07, 6.45) is 0.885. The number of carbonyl (C=O) groups excluding carboxylic acids is 2. The summed E-state index contributed by atoms with van der Waals surface area (Å²) in [5.74, 6) is -2.86. The third kappa shape index (κ3) is 6.80. The number of Topliss-reactive ketones (excluding diaryl/α,β-unsaturated/α-hetero) is 2. The number of aryl methyl sites for hydroxylation is 1. The van der Waals surface area contributed by atoms with Crippen LogP contribution in [0.2, 0.25) is 0 Å². The van der Waals surface area contributed by atoms with E-state index in [0.717, 1.165) is 62.5 Å². The number of hydrogen-bond donors (Lipinski definition) is 0. The molecule has 3 aromatic rings. The standard InChI is InChI=1S/C34H38F2N2O3/c1-23-7-3-12-29(24(23)2)32-30(33(39)25-8-4-10-27(35)19-25)21-38(14-6-13-37-15-17-41-18-16-37)22-31(32)34(40)26-9-5-11-28(36)20-26/h3-5,7-12,19-20,30-32H,6,13-18,21-22H2,1-2H3/t30-,31+,32+. The molecule has 5 rings (SSSR count).